The van der Waals surface area contributed by atoms with E-state index >= 15 is 0 Å². The van der Waals surface area contributed by atoms with Crippen molar-refractivity contribution in [2.75, 3.05) is 6.26 Å². The number of nitrogens with one attached hydrogen (secondary N) is 1. The highest BCUT2D eigenvalue weighted by Gasteiger charge is 2.34. The number of benzene rings is 1. The van der Waals surface area contributed by atoms with Crippen LogP contribution in [0.25, 0.3) is 5.70 Å². The summed E-state index contributed by atoms with van der Waals surface area (Å²) in [6, 6.07) is 10.6. The third kappa shape index (κ3) is 2.90. The van der Waals surface area contributed by atoms with Crippen LogP contribution < -0.4 is 5.43 Å². The fourth-order valence-corrected chi connectivity index (χ4v) is 3.29. The van der Waals surface area contributed by atoms with Crippen molar-refractivity contribution in [3.63, 3.8) is 0 Å². The molecule has 1 N–H and O–H groups in total. The fourth-order valence-electron chi connectivity index (χ4n) is 2.19. The first-order chi connectivity index (χ1) is 9.95. The van der Waals surface area contributed by atoms with Crippen molar-refractivity contribution < 1.29 is 12.8 Å². The molecule has 5 nitrogen and oxygen atoms in total. The van der Waals surface area contributed by atoms with Gasteiger partial charge >= 0.3 is 0 Å². The molecule has 0 saturated heterocycles. The largest absolute Gasteiger partial charge is 0.467 e. The summed E-state index contributed by atoms with van der Waals surface area (Å²) in [4.78, 5) is 0. The SMILES string of the molecule is CS(=O)(=O)N1NC(c2ccc(Br)cc2)=C[C@H]1c1ccco1. The van der Waals surface area contributed by atoms with Gasteiger partial charge in [-0.1, -0.05) is 28.1 Å². The van der Waals surface area contributed by atoms with Gasteiger partial charge in [0.2, 0.25) is 10.0 Å². The Morgan fingerprint density at radius 1 is 1.24 bits per heavy atom. The lowest BCUT2D eigenvalue weighted by atomic mass is 10.1. The zero-order valence-corrected chi connectivity index (χ0v) is 13.6. The lowest BCUT2D eigenvalue weighted by molar-refractivity contribution is 0.312. The molecule has 0 saturated carbocycles. The second kappa shape index (κ2) is 5.32. The summed E-state index contributed by atoms with van der Waals surface area (Å²) in [6.45, 7) is 0. The van der Waals surface area contributed by atoms with Crippen molar-refractivity contribution in [3.05, 3.63) is 64.5 Å². The summed E-state index contributed by atoms with van der Waals surface area (Å²) >= 11 is 3.38. The molecule has 1 aliphatic rings. The van der Waals surface area contributed by atoms with Crippen LogP contribution >= 0.6 is 15.9 Å². The Balaban J connectivity index is 2.00. The number of hydrazine groups is 1. The lowest BCUT2D eigenvalue weighted by Crippen LogP contribution is -2.38. The monoisotopic (exact) mass is 368 g/mol. The van der Waals surface area contributed by atoms with E-state index in [0.717, 1.165) is 22.0 Å². The summed E-state index contributed by atoms with van der Waals surface area (Å²) in [5, 5.41) is 0. The van der Waals surface area contributed by atoms with Crippen LogP contribution in [0, 0.1) is 0 Å². The maximum Gasteiger partial charge on any atom is 0.228 e. The minimum absolute atomic E-state index is 0.492. The van der Waals surface area contributed by atoms with Crippen molar-refractivity contribution >= 4 is 31.7 Å². The van der Waals surface area contributed by atoms with Crippen LogP contribution in [0.4, 0.5) is 0 Å². The number of halogens is 1. The highest BCUT2D eigenvalue weighted by molar-refractivity contribution is 9.10. The first-order valence-corrected chi connectivity index (χ1v) is 8.86. The van der Waals surface area contributed by atoms with Gasteiger partial charge in [0.15, 0.2) is 0 Å². The topological polar surface area (TPSA) is 62.6 Å². The summed E-state index contributed by atoms with van der Waals surface area (Å²) in [5.74, 6) is 0.569. The molecule has 0 unspecified atom stereocenters. The Morgan fingerprint density at radius 2 is 1.95 bits per heavy atom. The van der Waals surface area contributed by atoms with Gasteiger partial charge in [0.1, 0.15) is 11.8 Å². The number of nitrogens with zero attached hydrogens (tertiary/aromatic N) is 1. The molecular formula is C14H13BrN2O3S. The van der Waals surface area contributed by atoms with Crippen molar-refractivity contribution in [1.82, 2.24) is 9.84 Å². The van der Waals surface area contributed by atoms with Gasteiger partial charge in [0.05, 0.1) is 18.2 Å². The molecule has 0 radical (unpaired) electrons. The van der Waals surface area contributed by atoms with Crippen molar-refractivity contribution in [3.8, 4) is 0 Å². The molecular weight excluding hydrogens is 356 g/mol. The number of hydrogen-bond donors (Lipinski definition) is 1. The van der Waals surface area contributed by atoms with E-state index in [0.29, 0.717) is 5.76 Å². The summed E-state index contributed by atoms with van der Waals surface area (Å²) in [6.07, 6.45) is 4.53. The summed E-state index contributed by atoms with van der Waals surface area (Å²) in [7, 11) is -3.43. The molecule has 1 aliphatic heterocycles. The summed E-state index contributed by atoms with van der Waals surface area (Å²) < 4.78 is 31.4. The fraction of sp³-hybridized carbons (Fsp3) is 0.143. The first-order valence-electron chi connectivity index (χ1n) is 6.22. The molecule has 0 bridgehead atoms. The predicted molar refractivity (Wildman–Crippen MR) is 83.4 cm³/mol. The zero-order chi connectivity index (χ0) is 15.0. The lowest BCUT2D eigenvalue weighted by Gasteiger charge is -2.21. The minimum atomic E-state index is -3.43. The van der Waals surface area contributed by atoms with Crippen LogP contribution in [0.3, 0.4) is 0 Å². The molecule has 3 rings (SSSR count). The molecule has 1 atom stereocenters. The maximum absolute atomic E-state index is 12.0. The number of furan rings is 1. The second-order valence-electron chi connectivity index (χ2n) is 4.72. The van der Waals surface area contributed by atoms with Crippen LogP contribution in [-0.2, 0) is 10.0 Å². The smallest absolute Gasteiger partial charge is 0.228 e. The van der Waals surface area contributed by atoms with Gasteiger partial charge in [-0.3, -0.25) is 0 Å². The van der Waals surface area contributed by atoms with Gasteiger partial charge in [-0.15, -0.1) is 4.41 Å². The Morgan fingerprint density at radius 3 is 2.52 bits per heavy atom. The number of sulfonamides is 1. The Kier molecular flexibility index (Phi) is 3.64. The number of hydrogen-bond acceptors (Lipinski definition) is 4. The first kappa shape index (κ1) is 14.4. The van der Waals surface area contributed by atoms with E-state index in [-0.39, 0.29) is 0 Å². The van der Waals surface area contributed by atoms with E-state index in [4.69, 9.17) is 4.42 Å². The maximum atomic E-state index is 12.0. The molecule has 1 aromatic heterocycles. The average Bonchev–Trinajstić information content (AvgIpc) is 3.07. The molecule has 0 amide bonds. The highest BCUT2D eigenvalue weighted by atomic mass is 79.9. The van der Waals surface area contributed by atoms with Crippen LogP contribution in [-0.4, -0.2) is 19.1 Å². The standard InChI is InChI=1S/C14H13BrN2O3S/c1-21(18,19)17-13(14-3-2-8-20-14)9-12(16-17)10-4-6-11(15)7-5-10/h2-9,13,16H,1H3/t13-/m0/s1. The molecule has 7 heteroatoms. The van der Waals surface area contributed by atoms with E-state index in [1.807, 2.05) is 30.3 Å². The molecule has 0 fully saturated rings. The Labute approximate surface area is 131 Å². The molecule has 0 spiro atoms. The summed E-state index contributed by atoms with van der Waals surface area (Å²) in [5.41, 5.74) is 4.57. The molecule has 2 aromatic rings. The minimum Gasteiger partial charge on any atom is -0.467 e. The van der Waals surface area contributed by atoms with Gasteiger partial charge in [0, 0.05) is 4.47 Å². The van der Waals surface area contributed by atoms with Crippen LogP contribution in [0.5, 0.6) is 0 Å². The highest BCUT2D eigenvalue weighted by Crippen LogP contribution is 2.33. The van der Waals surface area contributed by atoms with Crippen LogP contribution in [0.2, 0.25) is 0 Å². The van der Waals surface area contributed by atoms with E-state index in [2.05, 4.69) is 21.4 Å². The Bertz CT molecular complexity index is 767. The molecule has 21 heavy (non-hydrogen) atoms. The van der Waals surface area contributed by atoms with Crippen molar-refractivity contribution in [2.45, 2.75) is 6.04 Å². The van der Waals surface area contributed by atoms with E-state index < -0.39 is 16.1 Å². The van der Waals surface area contributed by atoms with Crippen LogP contribution in [0.15, 0.2) is 57.6 Å². The van der Waals surface area contributed by atoms with E-state index in [9.17, 15) is 8.42 Å². The van der Waals surface area contributed by atoms with Gasteiger partial charge in [-0.25, -0.2) is 8.42 Å². The van der Waals surface area contributed by atoms with E-state index in [1.165, 1.54) is 10.7 Å². The van der Waals surface area contributed by atoms with Gasteiger partial charge in [-0.05, 0) is 35.9 Å². The second-order valence-corrected chi connectivity index (χ2v) is 7.49. The van der Waals surface area contributed by atoms with Gasteiger partial charge < -0.3 is 9.84 Å². The quantitative estimate of drug-likeness (QED) is 0.904. The van der Waals surface area contributed by atoms with Crippen molar-refractivity contribution in [2.24, 2.45) is 0 Å². The average molecular weight is 369 g/mol. The van der Waals surface area contributed by atoms with E-state index in [1.54, 1.807) is 12.1 Å². The Hall–Kier alpha value is -1.57. The molecule has 2 heterocycles. The third-order valence-corrected chi connectivity index (χ3v) is 4.72. The number of rotatable bonds is 3. The van der Waals surface area contributed by atoms with Crippen LogP contribution in [0.1, 0.15) is 17.4 Å². The molecule has 1 aromatic carbocycles. The molecule has 0 aliphatic carbocycles. The zero-order valence-electron chi connectivity index (χ0n) is 11.2. The van der Waals surface area contributed by atoms with Crippen molar-refractivity contribution in [1.29, 1.82) is 0 Å². The normalized spacial score (nSPS) is 19.3. The third-order valence-electron chi connectivity index (χ3n) is 3.16. The molecule has 110 valence electrons. The predicted octanol–water partition coefficient (Wildman–Crippen LogP) is 2.90. The van der Waals surface area contributed by atoms with Gasteiger partial charge in [-0.2, -0.15) is 0 Å². The van der Waals surface area contributed by atoms with Gasteiger partial charge in [0.25, 0.3) is 0 Å².